The Hall–Kier alpha value is -4.74. The number of nitro benzene ring substituents is 1. The van der Waals surface area contributed by atoms with Gasteiger partial charge in [0.15, 0.2) is 5.75 Å². The van der Waals surface area contributed by atoms with Crippen molar-refractivity contribution in [2.45, 2.75) is 0 Å². The molecule has 2 aromatic rings. The number of barbiturate groups is 1. The van der Waals surface area contributed by atoms with Crippen LogP contribution < -0.4 is 15.0 Å². The fraction of sp³-hybridized carbons (Fsp3) is 0.0526. The lowest BCUT2D eigenvalue weighted by molar-refractivity contribution is -0.386. The zero-order valence-electron chi connectivity index (χ0n) is 15.7. The number of carboxylic acids is 1. The van der Waals surface area contributed by atoms with Crippen molar-refractivity contribution in [3.8, 4) is 11.5 Å². The van der Waals surface area contributed by atoms with Crippen molar-refractivity contribution in [2.24, 2.45) is 0 Å². The third kappa shape index (κ3) is 3.89. The number of amides is 4. The summed E-state index contributed by atoms with van der Waals surface area (Å²) in [4.78, 5) is 59.2. The maximum Gasteiger partial charge on any atom is 0.335 e. The Labute approximate surface area is 173 Å². The van der Waals surface area contributed by atoms with Gasteiger partial charge in [-0.1, -0.05) is 0 Å². The van der Waals surface area contributed by atoms with Crippen LogP contribution in [0.1, 0.15) is 15.9 Å². The molecule has 1 aliphatic heterocycles. The highest BCUT2D eigenvalue weighted by molar-refractivity contribution is 6.39. The first-order chi connectivity index (χ1) is 14.6. The molecule has 12 nitrogen and oxygen atoms in total. The fourth-order valence-corrected chi connectivity index (χ4v) is 2.80. The fourth-order valence-electron chi connectivity index (χ4n) is 2.80. The molecule has 0 aromatic heterocycles. The van der Waals surface area contributed by atoms with Crippen LogP contribution in [0.25, 0.3) is 6.08 Å². The van der Waals surface area contributed by atoms with E-state index in [1.165, 1.54) is 24.3 Å². The lowest BCUT2D eigenvalue weighted by Gasteiger charge is -2.26. The Morgan fingerprint density at radius 2 is 1.84 bits per heavy atom. The summed E-state index contributed by atoms with van der Waals surface area (Å²) in [5.41, 5.74) is -1.34. The Balaban J connectivity index is 2.06. The second kappa shape index (κ2) is 7.94. The van der Waals surface area contributed by atoms with Gasteiger partial charge in [-0.25, -0.2) is 14.5 Å². The number of methoxy groups -OCH3 is 1. The van der Waals surface area contributed by atoms with Crippen LogP contribution in [-0.2, 0) is 9.59 Å². The van der Waals surface area contributed by atoms with Gasteiger partial charge in [0, 0.05) is 6.07 Å². The van der Waals surface area contributed by atoms with Crippen LogP contribution >= 0.6 is 0 Å². The summed E-state index contributed by atoms with van der Waals surface area (Å²) >= 11 is 0. The molecule has 0 aliphatic carbocycles. The van der Waals surface area contributed by atoms with E-state index in [9.17, 15) is 34.4 Å². The zero-order valence-corrected chi connectivity index (χ0v) is 15.7. The Kier molecular flexibility index (Phi) is 5.38. The van der Waals surface area contributed by atoms with Gasteiger partial charge < -0.3 is 14.9 Å². The lowest BCUT2D eigenvalue weighted by atomic mass is 10.1. The van der Waals surface area contributed by atoms with Gasteiger partial charge in [0.05, 0.1) is 23.3 Å². The number of carboxylic acid groups (broad SMARTS) is 1. The van der Waals surface area contributed by atoms with Crippen molar-refractivity contribution < 1.29 is 39.1 Å². The van der Waals surface area contributed by atoms with Crippen molar-refractivity contribution in [1.82, 2.24) is 5.32 Å². The monoisotopic (exact) mass is 427 g/mol. The van der Waals surface area contributed by atoms with Gasteiger partial charge in [0.2, 0.25) is 5.75 Å². The minimum Gasteiger partial charge on any atom is -0.500 e. The van der Waals surface area contributed by atoms with Crippen LogP contribution in [0.15, 0.2) is 42.0 Å². The summed E-state index contributed by atoms with van der Waals surface area (Å²) < 4.78 is 4.88. The summed E-state index contributed by atoms with van der Waals surface area (Å²) in [6.45, 7) is 0. The van der Waals surface area contributed by atoms with Gasteiger partial charge in [-0.05, 0) is 42.0 Å². The molecular formula is C19H13N3O9. The van der Waals surface area contributed by atoms with Crippen molar-refractivity contribution in [1.29, 1.82) is 0 Å². The highest BCUT2D eigenvalue weighted by atomic mass is 16.6. The Morgan fingerprint density at radius 1 is 1.19 bits per heavy atom. The molecule has 4 amide bonds. The predicted molar refractivity (Wildman–Crippen MR) is 104 cm³/mol. The number of imide groups is 2. The first-order valence-electron chi connectivity index (χ1n) is 8.44. The van der Waals surface area contributed by atoms with Crippen molar-refractivity contribution >= 4 is 41.3 Å². The van der Waals surface area contributed by atoms with E-state index in [0.29, 0.717) is 4.90 Å². The van der Waals surface area contributed by atoms with Crippen LogP contribution in [0.5, 0.6) is 11.5 Å². The van der Waals surface area contributed by atoms with Crippen LogP contribution in [0.3, 0.4) is 0 Å². The van der Waals surface area contributed by atoms with E-state index in [4.69, 9.17) is 9.84 Å². The Morgan fingerprint density at radius 3 is 2.39 bits per heavy atom. The molecule has 12 heteroatoms. The quantitative estimate of drug-likeness (QED) is 0.277. The number of ether oxygens (including phenoxy) is 1. The normalized spacial score (nSPS) is 15.1. The number of carbonyl (C=O) groups excluding carboxylic acids is 3. The third-order valence-electron chi connectivity index (χ3n) is 4.28. The molecule has 0 atom stereocenters. The number of benzene rings is 2. The smallest absolute Gasteiger partial charge is 0.335 e. The van der Waals surface area contributed by atoms with E-state index in [-0.39, 0.29) is 22.6 Å². The molecule has 31 heavy (non-hydrogen) atoms. The number of phenolic OH excluding ortho intramolecular Hbond substituents is 1. The molecule has 1 heterocycles. The maximum absolute atomic E-state index is 12.9. The SMILES string of the molecule is COc1cc(/C=C2\C(=O)NC(=O)N(c3ccc(C(=O)O)cc3)C2=O)cc([N+](=O)[O-])c1O. The lowest BCUT2D eigenvalue weighted by Crippen LogP contribution is -2.54. The maximum atomic E-state index is 12.9. The number of urea groups is 1. The van der Waals surface area contributed by atoms with Gasteiger partial charge in [-0.3, -0.25) is 25.0 Å². The topological polar surface area (TPSA) is 176 Å². The molecule has 158 valence electrons. The first kappa shape index (κ1) is 21.0. The second-order valence-electron chi connectivity index (χ2n) is 6.16. The van der Waals surface area contributed by atoms with Gasteiger partial charge in [0.1, 0.15) is 5.57 Å². The molecule has 0 saturated carbocycles. The summed E-state index contributed by atoms with van der Waals surface area (Å²) in [6, 6.07) is 5.81. The number of rotatable bonds is 5. The number of hydrogen-bond acceptors (Lipinski definition) is 8. The Bertz CT molecular complexity index is 1170. The van der Waals surface area contributed by atoms with E-state index >= 15 is 0 Å². The molecule has 0 spiro atoms. The van der Waals surface area contributed by atoms with Crippen molar-refractivity contribution in [2.75, 3.05) is 12.0 Å². The number of aromatic carboxylic acids is 1. The number of nitro groups is 1. The highest BCUT2D eigenvalue weighted by Crippen LogP contribution is 2.37. The largest absolute Gasteiger partial charge is 0.500 e. The van der Waals surface area contributed by atoms with E-state index in [0.717, 1.165) is 25.3 Å². The molecule has 1 saturated heterocycles. The van der Waals surface area contributed by atoms with Crippen LogP contribution in [0.4, 0.5) is 16.2 Å². The summed E-state index contributed by atoms with van der Waals surface area (Å²) in [5.74, 6) is -4.28. The van der Waals surface area contributed by atoms with Crippen LogP contribution in [0.2, 0.25) is 0 Å². The van der Waals surface area contributed by atoms with E-state index in [2.05, 4.69) is 0 Å². The zero-order chi connectivity index (χ0) is 22.9. The number of phenols is 1. The van der Waals surface area contributed by atoms with Gasteiger partial charge in [0.25, 0.3) is 11.8 Å². The second-order valence-corrected chi connectivity index (χ2v) is 6.16. The number of nitrogens with zero attached hydrogens (tertiary/aromatic N) is 2. The molecule has 0 radical (unpaired) electrons. The third-order valence-corrected chi connectivity index (χ3v) is 4.28. The van der Waals surface area contributed by atoms with Gasteiger partial charge in [-0.2, -0.15) is 0 Å². The molecule has 3 N–H and O–H groups in total. The molecule has 3 rings (SSSR count). The van der Waals surface area contributed by atoms with Gasteiger partial charge in [-0.15, -0.1) is 0 Å². The average molecular weight is 427 g/mol. The number of aromatic hydroxyl groups is 1. The molecule has 0 unspecified atom stereocenters. The molecule has 1 aliphatic rings. The first-order valence-corrected chi connectivity index (χ1v) is 8.44. The number of hydrogen-bond donors (Lipinski definition) is 3. The van der Waals surface area contributed by atoms with E-state index in [1.807, 2.05) is 5.32 Å². The number of carbonyl (C=O) groups is 4. The molecule has 0 bridgehead atoms. The van der Waals surface area contributed by atoms with E-state index < -0.39 is 45.7 Å². The predicted octanol–water partition coefficient (Wildman–Crippen LogP) is 1.67. The van der Waals surface area contributed by atoms with E-state index in [1.54, 1.807) is 0 Å². The minimum atomic E-state index is -1.21. The van der Waals surface area contributed by atoms with Gasteiger partial charge >= 0.3 is 17.7 Å². The molecule has 1 fully saturated rings. The molecule has 2 aromatic carbocycles. The summed E-state index contributed by atoms with van der Waals surface area (Å²) in [5, 5.41) is 31.9. The van der Waals surface area contributed by atoms with Crippen LogP contribution in [-0.4, -0.2) is 46.1 Å². The van der Waals surface area contributed by atoms with Crippen molar-refractivity contribution in [3.05, 3.63) is 63.2 Å². The number of nitrogens with one attached hydrogen (secondary N) is 1. The molecular weight excluding hydrogens is 414 g/mol. The van der Waals surface area contributed by atoms with Crippen LogP contribution in [0, 0.1) is 10.1 Å². The summed E-state index contributed by atoms with van der Waals surface area (Å²) in [6.07, 6.45) is 0.998. The minimum absolute atomic E-state index is 0.000155. The number of anilines is 1. The van der Waals surface area contributed by atoms with Crippen molar-refractivity contribution in [3.63, 3.8) is 0 Å². The average Bonchev–Trinajstić information content (AvgIpc) is 2.72. The highest BCUT2D eigenvalue weighted by Gasteiger charge is 2.37. The standard InChI is InChI=1S/C19H13N3O9/c1-31-14-8-9(7-13(15(14)23)22(29)30)6-12-16(24)20-19(28)21(17(12)25)11-4-2-10(3-5-11)18(26)27/h2-8,23H,1H3,(H,26,27)(H,20,24,28)/b12-6+. The summed E-state index contributed by atoms with van der Waals surface area (Å²) in [7, 11) is 1.16.